The third kappa shape index (κ3) is 5.98. The molecule has 7 heteroatoms. The maximum atomic E-state index is 13.2. The van der Waals surface area contributed by atoms with E-state index in [4.69, 9.17) is 0 Å². The van der Waals surface area contributed by atoms with Crippen molar-refractivity contribution in [2.75, 3.05) is 18.6 Å². The Hall–Kier alpha value is -3.29. The van der Waals surface area contributed by atoms with E-state index in [-0.39, 0.29) is 11.2 Å². The normalized spacial score (nSPS) is 12.9. The molecule has 34 heavy (non-hydrogen) atoms. The van der Waals surface area contributed by atoms with Crippen molar-refractivity contribution >= 4 is 27.4 Å². The molecule has 3 aromatic carbocycles. The fourth-order valence-corrected chi connectivity index (χ4v) is 4.19. The average molecular weight is 479 g/mol. The number of nitrogens with one attached hydrogen (secondary N) is 1. The molecule has 0 saturated carbocycles. The number of likely N-dealkylation sites (N-methyl/N-ethyl adjacent to an activating group) is 1. The predicted octanol–water partition coefficient (Wildman–Crippen LogP) is 4.79. The van der Waals surface area contributed by atoms with Crippen molar-refractivity contribution in [2.24, 2.45) is 0 Å². The van der Waals surface area contributed by atoms with Crippen LogP contribution in [0.1, 0.15) is 53.9 Å². The van der Waals surface area contributed by atoms with E-state index in [9.17, 15) is 18.0 Å². The van der Waals surface area contributed by atoms with Crippen LogP contribution in [0.25, 0.3) is 0 Å². The maximum Gasteiger partial charge on any atom is 0.247 e. The maximum absolute atomic E-state index is 13.2. The molecule has 0 bridgehead atoms. The van der Waals surface area contributed by atoms with E-state index in [0.29, 0.717) is 22.4 Å². The number of hydrogen-bond acceptors (Lipinski definition) is 4. The minimum absolute atomic E-state index is 0.0137. The summed E-state index contributed by atoms with van der Waals surface area (Å²) in [6.45, 7) is 6.33. The molecule has 0 aliphatic heterocycles. The molecular formula is C27H30N2O4S. The second-order valence-corrected chi connectivity index (χ2v) is 11.4. The summed E-state index contributed by atoms with van der Waals surface area (Å²) in [6, 6.07) is 21.8. The first-order valence-corrected chi connectivity index (χ1v) is 12.8. The van der Waals surface area contributed by atoms with Gasteiger partial charge in [-0.25, -0.2) is 8.42 Å². The molecule has 0 radical (unpaired) electrons. The highest BCUT2D eigenvalue weighted by atomic mass is 32.2. The van der Waals surface area contributed by atoms with E-state index in [1.165, 1.54) is 7.05 Å². The second-order valence-electron chi connectivity index (χ2n) is 9.32. The van der Waals surface area contributed by atoms with Gasteiger partial charge in [0.05, 0.1) is 6.26 Å². The van der Waals surface area contributed by atoms with Crippen molar-refractivity contribution in [3.8, 4) is 0 Å². The zero-order chi connectivity index (χ0) is 25.1. The van der Waals surface area contributed by atoms with Crippen LogP contribution in [0.4, 0.5) is 5.69 Å². The molecular weight excluding hydrogens is 448 g/mol. The smallest absolute Gasteiger partial charge is 0.247 e. The van der Waals surface area contributed by atoms with Gasteiger partial charge in [0.15, 0.2) is 5.78 Å². The summed E-state index contributed by atoms with van der Waals surface area (Å²) in [5.74, 6) is -0.678. The second kappa shape index (κ2) is 9.91. The van der Waals surface area contributed by atoms with Crippen LogP contribution in [0, 0.1) is 0 Å². The van der Waals surface area contributed by atoms with Crippen LogP contribution in [0.15, 0.2) is 78.9 Å². The number of amides is 1. The highest BCUT2D eigenvalue weighted by Crippen LogP contribution is 2.25. The molecule has 1 N–H and O–H groups in total. The number of carbonyl (C=O) groups is 2. The molecule has 3 rings (SSSR count). The number of hydrogen-bond donors (Lipinski definition) is 1. The number of carbonyl (C=O) groups excluding carboxylic acids is 2. The Morgan fingerprint density at radius 3 is 2.03 bits per heavy atom. The van der Waals surface area contributed by atoms with Gasteiger partial charge in [-0.1, -0.05) is 87.5 Å². The molecule has 0 aliphatic rings. The summed E-state index contributed by atoms with van der Waals surface area (Å²) < 4.78 is 25.4. The Labute approximate surface area is 201 Å². The van der Waals surface area contributed by atoms with E-state index >= 15 is 0 Å². The van der Waals surface area contributed by atoms with Crippen LogP contribution in [-0.2, 0) is 20.2 Å². The zero-order valence-corrected chi connectivity index (χ0v) is 20.9. The van der Waals surface area contributed by atoms with Crippen LogP contribution in [-0.4, -0.2) is 37.7 Å². The van der Waals surface area contributed by atoms with Crippen LogP contribution in [0.2, 0.25) is 0 Å². The van der Waals surface area contributed by atoms with Gasteiger partial charge in [-0.15, -0.1) is 0 Å². The highest BCUT2D eigenvalue weighted by molar-refractivity contribution is 7.88. The largest absolute Gasteiger partial charge is 0.324 e. The monoisotopic (exact) mass is 478 g/mol. The molecule has 1 atom stereocenters. The number of rotatable bonds is 7. The third-order valence-corrected chi connectivity index (χ3v) is 6.91. The summed E-state index contributed by atoms with van der Waals surface area (Å²) in [5, 5.41) is 2.77. The Morgan fingerprint density at radius 1 is 0.853 bits per heavy atom. The Balaban J connectivity index is 1.86. The number of ketones is 1. The van der Waals surface area contributed by atoms with Gasteiger partial charge >= 0.3 is 0 Å². The SMILES string of the molecule is CN(C(C(=O)Nc1cccc(C(=O)c2ccc(C(C)(C)C)cc2)c1)c1ccccc1)S(C)(=O)=O. The molecule has 0 aliphatic carbocycles. The highest BCUT2D eigenvalue weighted by Gasteiger charge is 2.31. The Kier molecular flexibility index (Phi) is 7.38. The molecule has 6 nitrogen and oxygen atoms in total. The van der Waals surface area contributed by atoms with Gasteiger partial charge in [0, 0.05) is 23.9 Å². The van der Waals surface area contributed by atoms with E-state index in [2.05, 4.69) is 26.1 Å². The molecule has 0 fully saturated rings. The van der Waals surface area contributed by atoms with E-state index in [1.807, 2.05) is 12.1 Å². The van der Waals surface area contributed by atoms with Gasteiger partial charge in [-0.2, -0.15) is 4.31 Å². The van der Waals surface area contributed by atoms with Gasteiger partial charge in [0.1, 0.15) is 6.04 Å². The van der Waals surface area contributed by atoms with Crippen molar-refractivity contribution in [3.05, 3.63) is 101 Å². The van der Waals surface area contributed by atoms with Gasteiger partial charge in [0.25, 0.3) is 0 Å². The predicted molar refractivity (Wildman–Crippen MR) is 135 cm³/mol. The molecule has 1 unspecified atom stereocenters. The van der Waals surface area contributed by atoms with E-state index in [0.717, 1.165) is 16.1 Å². The fraction of sp³-hybridized carbons (Fsp3) is 0.259. The molecule has 0 aromatic heterocycles. The first-order valence-electron chi connectivity index (χ1n) is 10.9. The van der Waals surface area contributed by atoms with E-state index < -0.39 is 22.0 Å². The number of sulfonamides is 1. The lowest BCUT2D eigenvalue weighted by molar-refractivity contribution is -0.119. The van der Waals surface area contributed by atoms with Crippen LogP contribution >= 0.6 is 0 Å². The molecule has 0 spiro atoms. The van der Waals surface area contributed by atoms with Crippen LogP contribution in [0.3, 0.4) is 0 Å². The fourth-order valence-electron chi connectivity index (χ4n) is 3.59. The summed E-state index contributed by atoms with van der Waals surface area (Å²) in [5.41, 5.74) is 3.04. The Morgan fingerprint density at radius 2 is 1.47 bits per heavy atom. The minimum Gasteiger partial charge on any atom is -0.324 e. The molecule has 0 saturated heterocycles. The van der Waals surface area contributed by atoms with Gasteiger partial charge in [-0.3, -0.25) is 9.59 Å². The van der Waals surface area contributed by atoms with Crippen molar-refractivity contribution in [3.63, 3.8) is 0 Å². The molecule has 0 heterocycles. The van der Waals surface area contributed by atoms with Crippen molar-refractivity contribution in [2.45, 2.75) is 32.2 Å². The van der Waals surface area contributed by atoms with Gasteiger partial charge in [0.2, 0.25) is 15.9 Å². The molecule has 3 aromatic rings. The summed E-state index contributed by atoms with van der Waals surface area (Å²) in [4.78, 5) is 26.2. The quantitative estimate of drug-likeness (QED) is 0.495. The zero-order valence-electron chi connectivity index (χ0n) is 20.1. The van der Waals surface area contributed by atoms with Gasteiger partial charge in [-0.05, 0) is 28.7 Å². The summed E-state index contributed by atoms with van der Waals surface area (Å²) in [7, 11) is -2.27. The van der Waals surface area contributed by atoms with Gasteiger partial charge < -0.3 is 5.32 Å². The molecule has 1 amide bonds. The minimum atomic E-state index is -3.64. The lowest BCUT2D eigenvalue weighted by Gasteiger charge is -2.25. The average Bonchev–Trinajstić information content (AvgIpc) is 2.78. The number of nitrogens with zero attached hydrogens (tertiary/aromatic N) is 1. The van der Waals surface area contributed by atoms with Crippen LogP contribution in [0.5, 0.6) is 0 Å². The van der Waals surface area contributed by atoms with Crippen molar-refractivity contribution in [1.82, 2.24) is 4.31 Å². The lowest BCUT2D eigenvalue weighted by atomic mass is 9.86. The summed E-state index contributed by atoms with van der Waals surface area (Å²) in [6.07, 6.45) is 1.06. The topological polar surface area (TPSA) is 83.6 Å². The number of anilines is 1. The summed E-state index contributed by atoms with van der Waals surface area (Å²) >= 11 is 0. The van der Waals surface area contributed by atoms with Crippen LogP contribution < -0.4 is 5.32 Å². The van der Waals surface area contributed by atoms with E-state index in [1.54, 1.807) is 66.7 Å². The van der Waals surface area contributed by atoms with Crippen molar-refractivity contribution < 1.29 is 18.0 Å². The number of benzene rings is 3. The first kappa shape index (κ1) is 25.3. The van der Waals surface area contributed by atoms with Crippen molar-refractivity contribution in [1.29, 1.82) is 0 Å². The third-order valence-electron chi connectivity index (χ3n) is 5.66. The molecule has 178 valence electrons. The first-order chi connectivity index (χ1) is 15.9. The standard InChI is InChI=1S/C27H30N2O4S/c1-27(2,3)22-16-14-20(15-17-22)25(30)21-12-9-13-23(18-21)28-26(31)24(29(4)34(5,32)33)19-10-7-6-8-11-19/h6-18,24H,1-5H3,(H,28,31). The Bertz CT molecular complexity index is 1280. The lowest BCUT2D eigenvalue weighted by Crippen LogP contribution is -2.38.